The highest BCUT2D eigenvalue weighted by molar-refractivity contribution is 7.98. The van der Waals surface area contributed by atoms with Crippen molar-refractivity contribution < 1.29 is 8.78 Å². The standard InChI is InChI=1S/C21H17F2N3OS2/c1-12(2)19-24-14(10-28-19)11-29-21-25-17-6-4-3-5-15(17)20(27)26(21)18-8-7-13(22)9-16(18)23/h3-10,12H,11H2,1-2H3. The number of hydrogen-bond donors (Lipinski definition) is 0. The molecule has 0 aliphatic carbocycles. The molecule has 0 aliphatic rings. The van der Waals surface area contributed by atoms with Crippen LogP contribution < -0.4 is 5.56 Å². The summed E-state index contributed by atoms with van der Waals surface area (Å²) in [6.45, 7) is 4.16. The summed E-state index contributed by atoms with van der Waals surface area (Å²) in [5.74, 6) is -0.701. The largest absolute Gasteiger partial charge is 0.268 e. The van der Waals surface area contributed by atoms with Crippen LogP contribution in [0, 0.1) is 11.6 Å². The zero-order chi connectivity index (χ0) is 20.5. The van der Waals surface area contributed by atoms with Gasteiger partial charge < -0.3 is 0 Å². The summed E-state index contributed by atoms with van der Waals surface area (Å²) in [6.07, 6.45) is 0. The fraction of sp³-hybridized carbons (Fsp3) is 0.190. The Balaban J connectivity index is 1.81. The Morgan fingerprint density at radius 2 is 1.93 bits per heavy atom. The van der Waals surface area contributed by atoms with E-state index in [-0.39, 0.29) is 5.69 Å². The molecule has 0 bridgehead atoms. The second-order valence-corrected chi connectivity index (χ2v) is 8.60. The minimum absolute atomic E-state index is 0.0294. The van der Waals surface area contributed by atoms with Gasteiger partial charge in [-0.3, -0.25) is 9.36 Å². The van der Waals surface area contributed by atoms with Gasteiger partial charge in [0.2, 0.25) is 0 Å². The van der Waals surface area contributed by atoms with Gasteiger partial charge in [-0.05, 0) is 24.3 Å². The van der Waals surface area contributed by atoms with Gasteiger partial charge >= 0.3 is 0 Å². The molecular formula is C21H17F2N3OS2. The first-order chi connectivity index (χ1) is 13.9. The molecule has 0 spiro atoms. The summed E-state index contributed by atoms with van der Waals surface area (Å²) in [6, 6.07) is 10.1. The Bertz CT molecular complexity index is 1250. The fourth-order valence-corrected chi connectivity index (χ4v) is 4.72. The first-order valence-electron chi connectivity index (χ1n) is 8.98. The number of thiazole rings is 1. The Morgan fingerprint density at radius 3 is 2.66 bits per heavy atom. The average Bonchev–Trinajstić information content (AvgIpc) is 3.17. The van der Waals surface area contributed by atoms with Crippen molar-refractivity contribution in [2.24, 2.45) is 0 Å². The predicted octanol–water partition coefficient (Wildman–Crippen LogP) is 5.54. The average molecular weight is 430 g/mol. The molecule has 148 valence electrons. The smallest absolute Gasteiger partial charge is 0.266 e. The van der Waals surface area contributed by atoms with Gasteiger partial charge in [0.05, 0.1) is 27.3 Å². The Hall–Kier alpha value is -2.58. The molecule has 0 aliphatic heterocycles. The molecule has 8 heteroatoms. The summed E-state index contributed by atoms with van der Waals surface area (Å²) in [5.41, 5.74) is 0.972. The van der Waals surface area contributed by atoms with Crippen LogP contribution in [0.4, 0.5) is 8.78 Å². The van der Waals surface area contributed by atoms with E-state index in [9.17, 15) is 13.6 Å². The van der Waals surface area contributed by atoms with Crippen LogP contribution in [0.15, 0.2) is 57.8 Å². The highest BCUT2D eigenvalue weighted by Crippen LogP contribution is 2.27. The molecule has 0 unspecified atom stereocenters. The number of nitrogens with zero attached hydrogens (tertiary/aromatic N) is 3. The summed E-state index contributed by atoms with van der Waals surface area (Å²) in [4.78, 5) is 22.3. The second kappa shape index (κ2) is 8.04. The number of hydrogen-bond acceptors (Lipinski definition) is 5. The Kier molecular flexibility index (Phi) is 5.47. The SMILES string of the molecule is CC(C)c1nc(CSc2nc3ccccc3c(=O)n2-c2ccc(F)cc2F)cs1. The van der Waals surface area contributed by atoms with E-state index in [4.69, 9.17) is 0 Å². The predicted molar refractivity (Wildman–Crippen MR) is 113 cm³/mol. The van der Waals surface area contributed by atoms with Gasteiger partial charge in [0.25, 0.3) is 5.56 Å². The third-order valence-corrected chi connectivity index (χ3v) is 6.47. The molecule has 29 heavy (non-hydrogen) atoms. The summed E-state index contributed by atoms with van der Waals surface area (Å²) < 4.78 is 29.1. The number of fused-ring (bicyclic) bond motifs is 1. The van der Waals surface area contributed by atoms with Gasteiger partial charge in [0, 0.05) is 23.1 Å². The lowest BCUT2D eigenvalue weighted by atomic mass is 10.2. The van der Waals surface area contributed by atoms with E-state index in [0.717, 1.165) is 22.8 Å². The van der Waals surface area contributed by atoms with E-state index < -0.39 is 17.2 Å². The molecule has 0 atom stereocenters. The summed E-state index contributed by atoms with van der Waals surface area (Å²) >= 11 is 2.89. The topological polar surface area (TPSA) is 47.8 Å². The van der Waals surface area contributed by atoms with Crippen LogP contribution in [0.2, 0.25) is 0 Å². The zero-order valence-electron chi connectivity index (χ0n) is 15.7. The van der Waals surface area contributed by atoms with Crippen molar-refractivity contribution in [2.75, 3.05) is 0 Å². The molecular weight excluding hydrogens is 412 g/mol. The van der Waals surface area contributed by atoms with E-state index in [1.165, 1.54) is 22.4 Å². The molecule has 0 amide bonds. The van der Waals surface area contributed by atoms with E-state index in [1.807, 2.05) is 5.38 Å². The molecule has 0 N–H and O–H groups in total. The summed E-state index contributed by atoms with van der Waals surface area (Å²) in [5, 5.41) is 3.72. The van der Waals surface area contributed by atoms with Crippen LogP contribution in [0.3, 0.4) is 0 Å². The second-order valence-electron chi connectivity index (χ2n) is 6.77. The van der Waals surface area contributed by atoms with Crippen molar-refractivity contribution in [3.63, 3.8) is 0 Å². The number of halogens is 2. The van der Waals surface area contributed by atoms with E-state index >= 15 is 0 Å². The number of benzene rings is 2. The Morgan fingerprint density at radius 1 is 1.14 bits per heavy atom. The van der Waals surface area contributed by atoms with E-state index in [2.05, 4.69) is 23.8 Å². The molecule has 0 fully saturated rings. The maximum Gasteiger partial charge on any atom is 0.266 e. The van der Waals surface area contributed by atoms with Crippen LogP contribution in [-0.4, -0.2) is 14.5 Å². The van der Waals surface area contributed by atoms with Gasteiger partial charge in [-0.2, -0.15) is 0 Å². The maximum atomic E-state index is 14.5. The number of para-hydroxylation sites is 1. The van der Waals surface area contributed by atoms with E-state index in [1.54, 1.807) is 35.6 Å². The van der Waals surface area contributed by atoms with Crippen molar-refractivity contribution in [1.82, 2.24) is 14.5 Å². The zero-order valence-corrected chi connectivity index (χ0v) is 17.4. The maximum absolute atomic E-state index is 14.5. The molecule has 4 rings (SSSR count). The first-order valence-corrected chi connectivity index (χ1v) is 10.8. The van der Waals surface area contributed by atoms with Crippen molar-refractivity contribution in [2.45, 2.75) is 30.7 Å². The lowest BCUT2D eigenvalue weighted by molar-refractivity contribution is 0.572. The Labute approximate surface area is 174 Å². The van der Waals surface area contributed by atoms with Crippen LogP contribution in [0.1, 0.15) is 30.5 Å². The first kappa shape index (κ1) is 19.7. The monoisotopic (exact) mass is 429 g/mol. The highest BCUT2D eigenvalue weighted by atomic mass is 32.2. The molecule has 4 nitrogen and oxygen atoms in total. The van der Waals surface area contributed by atoms with Gasteiger partial charge in [0.15, 0.2) is 5.16 Å². The van der Waals surface area contributed by atoms with Crippen molar-refractivity contribution in [3.8, 4) is 5.69 Å². The van der Waals surface area contributed by atoms with Gasteiger partial charge in [0.1, 0.15) is 11.6 Å². The minimum Gasteiger partial charge on any atom is -0.268 e. The molecule has 2 aromatic heterocycles. The normalized spacial score (nSPS) is 11.5. The van der Waals surface area contributed by atoms with Crippen LogP contribution >= 0.6 is 23.1 Å². The van der Waals surface area contributed by atoms with Crippen LogP contribution in [0.5, 0.6) is 0 Å². The third-order valence-electron chi connectivity index (χ3n) is 4.31. The molecule has 2 heterocycles. The quantitative estimate of drug-likeness (QED) is 0.309. The van der Waals surface area contributed by atoms with Crippen LogP contribution in [-0.2, 0) is 5.75 Å². The number of rotatable bonds is 5. The molecule has 0 radical (unpaired) electrons. The molecule has 0 saturated heterocycles. The molecule has 0 saturated carbocycles. The molecule has 4 aromatic rings. The third kappa shape index (κ3) is 3.95. The van der Waals surface area contributed by atoms with Crippen molar-refractivity contribution in [1.29, 1.82) is 0 Å². The van der Waals surface area contributed by atoms with E-state index in [0.29, 0.717) is 27.7 Å². The molecule has 2 aromatic carbocycles. The van der Waals surface area contributed by atoms with Crippen molar-refractivity contribution >= 4 is 34.0 Å². The van der Waals surface area contributed by atoms with Gasteiger partial charge in [-0.15, -0.1) is 11.3 Å². The van der Waals surface area contributed by atoms with Crippen LogP contribution in [0.25, 0.3) is 16.6 Å². The summed E-state index contributed by atoms with van der Waals surface area (Å²) in [7, 11) is 0. The lowest BCUT2D eigenvalue weighted by Crippen LogP contribution is -2.22. The fourth-order valence-electron chi connectivity index (χ4n) is 2.88. The minimum atomic E-state index is -0.818. The van der Waals surface area contributed by atoms with Gasteiger partial charge in [-0.1, -0.05) is 37.7 Å². The van der Waals surface area contributed by atoms with Crippen molar-refractivity contribution in [3.05, 3.63) is 80.5 Å². The highest BCUT2D eigenvalue weighted by Gasteiger charge is 2.17. The number of aromatic nitrogens is 3. The number of thioether (sulfide) groups is 1. The van der Waals surface area contributed by atoms with Gasteiger partial charge in [-0.25, -0.2) is 18.7 Å². The lowest BCUT2D eigenvalue weighted by Gasteiger charge is -2.13.